The van der Waals surface area contributed by atoms with Crippen LogP contribution in [0, 0.1) is 0 Å². The van der Waals surface area contributed by atoms with Gasteiger partial charge in [0.2, 0.25) is 0 Å². The van der Waals surface area contributed by atoms with E-state index < -0.39 is 0 Å². The van der Waals surface area contributed by atoms with Crippen LogP contribution in [0.2, 0.25) is 0 Å². The van der Waals surface area contributed by atoms with Crippen LogP contribution in [-0.2, 0) is 0 Å². The molecule has 0 aromatic heterocycles. The van der Waals surface area contributed by atoms with Crippen molar-refractivity contribution in [1.82, 2.24) is 0 Å². The van der Waals surface area contributed by atoms with Gasteiger partial charge in [0, 0.05) is 0 Å². The third kappa shape index (κ3) is 1.32. The Morgan fingerprint density at radius 1 is 0.600 bits per heavy atom. The first-order valence-corrected chi connectivity index (χ1v) is 5.06. The van der Waals surface area contributed by atoms with Crippen LogP contribution >= 0.6 is 0 Å². The second-order valence-corrected chi connectivity index (χ2v) is 3.63. The SMILES string of the molecule is C1=Cc2ccccc2-c2ccccc2C=1. The fraction of sp³-hybridized carbons (Fsp3) is 0. The number of benzene rings is 2. The summed E-state index contributed by atoms with van der Waals surface area (Å²) in [5.41, 5.74) is 8.25. The summed E-state index contributed by atoms with van der Waals surface area (Å²) in [5.74, 6) is 0. The Labute approximate surface area is 89.2 Å². The van der Waals surface area contributed by atoms with Gasteiger partial charge in [-0.2, -0.15) is 0 Å². The van der Waals surface area contributed by atoms with E-state index in [1.807, 2.05) is 12.2 Å². The minimum absolute atomic E-state index is 1.23. The van der Waals surface area contributed by atoms with Crippen LogP contribution in [0.4, 0.5) is 0 Å². The first kappa shape index (κ1) is 8.28. The number of rotatable bonds is 0. The van der Waals surface area contributed by atoms with Gasteiger partial charge in [0.15, 0.2) is 0 Å². The van der Waals surface area contributed by atoms with Crippen LogP contribution in [0.25, 0.3) is 23.3 Å². The monoisotopic (exact) mass is 190 g/mol. The Balaban J connectivity index is 2.40. The minimum Gasteiger partial charge on any atom is -0.120 e. The summed E-state index contributed by atoms with van der Waals surface area (Å²) in [4.78, 5) is 0. The highest BCUT2D eigenvalue weighted by atomic mass is 14.1. The van der Waals surface area contributed by atoms with Crippen molar-refractivity contribution in [1.29, 1.82) is 0 Å². The molecule has 3 rings (SSSR count). The smallest absolute Gasteiger partial charge is 0.00990 e. The third-order valence-electron chi connectivity index (χ3n) is 2.69. The maximum atomic E-state index is 3.21. The van der Waals surface area contributed by atoms with E-state index in [-0.39, 0.29) is 0 Å². The van der Waals surface area contributed by atoms with E-state index in [1.165, 1.54) is 22.3 Å². The van der Waals surface area contributed by atoms with E-state index in [0.29, 0.717) is 0 Å². The summed E-state index contributed by atoms with van der Waals surface area (Å²) in [5, 5.41) is 0. The topological polar surface area (TPSA) is 0 Å². The van der Waals surface area contributed by atoms with E-state index in [2.05, 4.69) is 54.3 Å². The maximum Gasteiger partial charge on any atom is -0.00990 e. The van der Waals surface area contributed by atoms with E-state index in [0.717, 1.165) is 0 Å². The molecule has 0 amide bonds. The zero-order chi connectivity index (χ0) is 10.1. The summed E-state index contributed by atoms with van der Waals surface area (Å²) in [6.45, 7) is 0. The lowest BCUT2D eigenvalue weighted by molar-refractivity contribution is 1.58. The fourth-order valence-electron chi connectivity index (χ4n) is 1.96. The molecule has 0 radical (unpaired) electrons. The molecule has 2 aromatic carbocycles. The van der Waals surface area contributed by atoms with Gasteiger partial charge in [0.05, 0.1) is 0 Å². The predicted octanol–water partition coefficient (Wildman–Crippen LogP) is 3.99. The van der Waals surface area contributed by atoms with Crippen molar-refractivity contribution in [2.75, 3.05) is 0 Å². The normalized spacial score (nSPS) is 11.7. The molecule has 0 nitrogen and oxygen atoms in total. The quantitative estimate of drug-likeness (QED) is 0.470. The molecule has 0 aliphatic heterocycles. The summed E-state index contributed by atoms with van der Waals surface area (Å²) in [6, 6.07) is 16.8. The number of fused-ring (bicyclic) bond motifs is 3. The summed E-state index contributed by atoms with van der Waals surface area (Å²) in [7, 11) is 0. The van der Waals surface area contributed by atoms with Crippen molar-refractivity contribution in [3.8, 4) is 11.1 Å². The first-order chi connectivity index (χ1) is 7.45. The van der Waals surface area contributed by atoms with Crippen LogP contribution < -0.4 is 0 Å². The van der Waals surface area contributed by atoms with Crippen LogP contribution in [0.15, 0.2) is 54.3 Å². The van der Waals surface area contributed by atoms with E-state index in [4.69, 9.17) is 0 Å². The van der Waals surface area contributed by atoms with Gasteiger partial charge in [-0.25, -0.2) is 0 Å². The standard InChI is InChI=1S/C15H10/c1-3-10-14-12(6-1)8-5-9-13-7-2-4-11-15(13)14/h1-4,6-11H. The molecule has 0 atom stereocenters. The molecule has 1 aliphatic rings. The zero-order valence-corrected chi connectivity index (χ0v) is 8.27. The average Bonchev–Trinajstić information content (AvgIpc) is 2.48. The lowest BCUT2D eigenvalue weighted by atomic mass is 9.97. The molecule has 2 aromatic rings. The lowest BCUT2D eigenvalue weighted by Crippen LogP contribution is -1.84. The molecule has 0 bridgehead atoms. The van der Waals surface area contributed by atoms with Gasteiger partial charge in [0.25, 0.3) is 0 Å². The van der Waals surface area contributed by atoms with Crippen molar-refractivity contribution in [3.63, 3.8) is 0 Å². The molecule has 0 spiro atoms. The highest BCUT2D eigenvalue weighted by molar-refractivity contribution is 5.84. The van der Waals surface area contributed by atoms with Crippen LogP contribution in [-0.4, -0.2) is 0 Å². The highest BCUT2D eigenvalue weighted by Gasteiger charge is 2.06. The van der Waals surface area contributed by atoms with E-state index >= 15 is 0 Å². The van der Waals surface area contributed by atoms with Gasteiger partial charge >= 0.3 is 0 Å². The molecule has 0 heteroatoms. The largest absolute Gasteiger partial charge is 0.120 e. The molecular formula is C15H10. The second kappa shape index (κ2) is 3.27. The second-order valence-electron chi connectivity index (χ2n) is 3.63. The molecule has 15 heavy (non-hydrogen) atoms. The molecular weight excluding hydrogens is 180 g/mol. The molecule has 0 saturated heterocycles. The molecule has 0 N–H and O–H groups in total. The van der Waals surface area contributed by atoms with Crippen LogP contribution in [0.3, 0.4) is 0 Å². The van der Waals surface area contributed by atoms with E-state index in [1.54, 1.807) is 0 Å². The Morgan fingerprint density at radius 3 is 1.60 bits per heavy atom. The Hall–Kier alpha value is -2.04. The van der Waals surface area contributed by atoms with Crippen molar-refractivity contribution in [2.45, 2.75) is 0 Å². The first-order valence-electron chi connectivity index (χ1n) is 5.06. The Morgan fingerprint density at radius 2 is 1.07 bits per heavy atom. The molecule has 1 aliphatic carbocycles. The van der Waals surface area contributed by atoms with Crippen molar-refractivity contribution >= 4 is 12.2 Å². The average molecular weight is 190 g/mol. The molecule has 70 valence electrons. The zero-order valence-electron chi connectivity index (χ0n) is 8.27. The number of hydrogen-bond acceptors (Lipinski definition) is 0. The van der Waals surface area contributed by atoms with Crippen molar-refractivity contribution in [2.24, 2.45) is 0 Å². The Bertz CT molecular complexity index is 521. The molecule has 0 saturated carbocycles. The Kier molecular flexibility index (Phi) is 1.81. The van der Waals surface area contributed by atoms with E-state index in [9.17, 15) is 0 Å². The molecule has 0 fully saturated rings. The highest BCUT2D eigenvalue weighted by Crippen LogP contribution is 2.30. The molecule has 0 unspecified atom stereocenters. The van der Waals surface area contributed by atoms with Gasteiger partial charge in [0.1, 0.15) is 0 Å². The minimum atomic E-state index is 1.23. The lowest BCUT2D eigenvalue weighted by Gasteiger charge is -2.07. The third-order valence-corrected chi connectivity index (χ3v) is 2.69. The van der Waals surface area contributed by atoms with Crippen LogP contribution in [0.5, 0.6) is 0 Å². The maximum absolute atomic E-state index is 3.21. The van der Waals surface area contributed by atoms with Gasteiger partial charge in [-0.3, -0.25) is 0 Å². The predicted molar refractivity (Wildman–Crippen MR) is 64.3 cm³/mol. The van der Waals surface area contributed by atoms with Crippen molar-refractivity contribution in [3.05, 3.63) is 65.4 Å². The number of hydrogen-bond donors (Lipinski definition) is 0. The summed E-state index contributed by atoms with van der Waals surface area (Å²) < 4.78 is 0. The molecule has 0 heterocycles. The van der Waals surface area contributed by atoms with Gasteiger partial charge in [-0.05, 0) is 34.4 Å². The van der Waals surface area contributed by atoms with Gasteiger partial charge < -0.3 is 0 Å². The van der Waals surface area contributed by atoms with Gasteiger partial charge in [-0.1, -0.05) is 48.5 Å². The fourth-order valence-corrected chi connectivity index (χ4v) is 1.96. The van der Waals surface area contributed by atoms with Crippen molar-refractivity contribution < 1.29 is 0 Å². The summed E-state index contributed by atoms with van der Waals surface area (Å²) in [6.07, 6.45) is 4.07. The van der Waals surface area contributed by atoms with Gasteiger partial charge in [-0.15, -0.1) is 5.73 Å². The van der Waals surface area contributed by atoms with Crippen LogP contribution in [0.1, 0.15) is 11.1 Å². The summed E-state index contributed by atoms with van der Waals surface area (Å²) >= 11 is 0.